The third-order valence-corrected chi connectivity index (χ3v) is 1.97. The molecule has 0 aliphatic carbocycles. The summed E-state index contributed by atoms with van der Waals surface area (Å²) in [6.45, 7) is 5.67. The van der Waals surface area contributed by atoms with Gasteiger partial charge in [0.05, 0.1) is 6.21 Å². The molecule has 0 saturated heterocycles. The Labute approximate surface area is 78.2 Å². The summed E-state index contributed by atoms with van der Waals surface area (Å²) in [5, 5.41) is 11.5. The molecule has 0 atom stereocenters. The summed E-state index contributed by atoms with van der Waals surface area (Å²) < 4.78 is 0. The molecule has 1 aromatic carbocycles. The molecule has 0 heterocycles. The fourth-order valence-corrected chi connectivity index (χ4v) is 1.32. The van der Waals surface area contributed by atoms with E-state index < -0.39 is 0 Å². The predicted octanol–water partition coefficient (Wildman–Crippen LogP) is 2.53. The number of hydrogen-bond donors (Lipinski definition) is 1. The highest BCUT2D eigenvalue weighted by atomic mass is 16.4. The zero-order chi connectivity index (χ0) is 9.68. The number of allylic oxidation sites excluding steroid dienone is 1. The first-order chi connectivity index (χ1) is 6.29. The molecule has 0 unspecified atom stereocenters. The van der Waals surface area contributed by atoms with Crippen LogP contribution in [0.5, 0.6) is 0 Å². The van der Waals surface area contributed by atoms with Gasteiger partial charge in [0.2, 0.25) is 0 Å². The van der Waals surface area contributed by atoms with Crippen LogP contribution in [0.2, 0.25) is 0 Å². The van der Waals surface area contributed by atoms with Gasteiger partial charge in [0, 0.05) is 5.56 Å². The van der Waals surface area contributed by atoms with E-state index >= 15 is 0 Å². The van der Waals surface area contributed by atoms with E-state index in [0.717, 1.165) is 23.1 Å². The van der Waals surface area contributed by atoms with Gasteiger partial charge in [-0.3, -0.25) is 0 Å². The van der Waals surface area contributed by atoms with E-state index in [1.807, 2.05) is 31.2 Å². The van der Waals surface area contributed by atoms with E-state index in [9.17, 15) is 0 Å². The third kappa shape index (κ3) is 2.18. The molecular weight excluding hydrogens is 162 g/mol. The molecule has 1 rings (SSSR count). The second kappa shape index (κ2) is 4.45. The predicted molar refractivity (Wildman–Crippen MR) is 54.5 cm³/mol. The van der Waals surface area contributed by atoms with Gasteiger partial charge < -0.3 is 5.21 Å². The van der Waals surface area contributed by atoms with Gasteiger partial charge in [-0.1, -0.05) is 29.4 Å². The van der Waals surface area contributed by atoms with Gasteiger partial charge in [-0.05, 0) is 24.5 Å². The monoisotopic (exact) mass is 175 g/mol. The Balaban J connectivity index is 3.16. The molecule has 0 aliphatic heterocycles. The summed E-state index contributed by atoms with van der Waals surface area (Å²) in [7, 11) is 0. The van der Waals surface area contributed by atoms with Gasteiger partial charge in [-0.2, -0.15) is 0 Å². The number of hydrogen-bond acceptors (Lipinski definition) is 2. The lowest BCUT2D eigenvalue weighted by atomic mass is 10.0. The maximum absolute atomic E-state index is 8.48. The molecule has 1 N–H and O–H groups in total. The van der Waals surface area contributed by atoms with E-state index in [1.165, 1.54) is 6.21 Å². The lowest BCUT2D eigenvalue weighted by Gasteiger charge is -2.05. The number of benzene rings is 1. The minimum absolute atomic E-state index is 0.795. The normalized spacial score (nSPS) is 10.5. The minimum atomic E-state index is 0.795. The molecule has 2 nitrogen and oxygen atoms in total. The van der Waals surface area contributed by atoms with Crippen LogP contribution < -0.4 is 0 Å². The Bertz CT molecular complexity index is 329. The fraction of sp³-hybridized carbons (Fsp3) is 0.182. The van der Waals surface area contributed by atoms with Crippen molar-refractivity contribution in [1.82, 2.24) is 0 Å². The molecule has 0 spiro atoms. The van der Waals surface area contributed by atoms with Crippen molar-refractivity contribution in [2.24, 2.45) is 5.16 Å². The Kier molecular flexibility index (Phi) is 3.26. The quantitative estimate of drug-likeness (QED) is 0.325. The van der Waals surface area contributed by atoms with Crippen LogP contribution in [0.4, 0.5) is 0 Å². The lowest BCUT2D eigenvalue weighted by molar-refractivity contribution is 0.322. The maximum Gasteiger partial charge on any atom is 0.0739 e. The largest absolute Gasteiger partial charge is 0.411 e. The summed E-state index contributed by atoms with van der Waals surface area (Å²) in [4.78, 5) is 0. The van der Waals surface area contributed by atoms with Crippen molar-refractivity contribution in [3.63, 3.8) is 0 Å². The minimum Gasteiger partial charge on any atom is -0.411 e. The molecule has 2 heteroatoms. The smallest absolute Gasteiger partial charge is 0.0739 e. The van der Waals surface area contributed by atoms with Gasteiger partial charge in [-0.25, -0.2) is 0 Å². The summed E-state index contributed by atoms with van der Waals surface area (Å²) in [5.74, 6) is 0. The lowest BCUT2D eigenvalue weighted by Crippen LogP contribution is -1.94. The van der Waals surface area contributed by atoms with Gasteiger partial charge in [0.15, 0.2) is 0 Å². The van der Waals surface area contributed by atoms with Crippen LogP contribution in [0, 0.1) is 6.92 Å². The van der Waals surface area contributed by atoms with Crippen LogP contribution in [0.25, 0.3) is 0 Å². The standard InChI is InChI=1S/C11H13NO/c1-3-5-10-7-4-6-9(2)11(10)8-12-13/h3-4,6-8,13H,1,5H2,2H3/b12-8-. The van der Waals surface area contributed by atoms with E-state index in [-0.39, 0.29) is 0 Å². The van der Waals surface area contributed by atoms with Crippen LogP contribution >= 0.6 is 0 Å². The molecule has 68 valence electrons. The first-order valence-corrected chi connectivity index (χ1v) is 4.16. The van der Waals surface area contributed by atoms with Crippen molar-refractivity contribution in [2.45, 2.75) is 13.3 Å². The van der Waals surface area contributed by atoms with Crippen LogP contribution in [-0.4, -0.2) is 11.4 Å². The third-order valence-electron chi connectivity index (χ3n) is 1.97. The molecule has 0 saturated carbocycles. The molecule has 0 radical (unpaired) electrons. The second-order valence-electron chi connectivity index (χ2n) is 2.89. The molecule has 0 fully saturated rings. The zero-order valence-electron chi connectivity index (χ0n) is 7.70. The molecule has 0 aliphatic rings. The van der Waals surface area contributed by atoms with Crippen LogP contribution in [0.15, 0.2) is 36.0 Å². The van der Waals surface area contributed by atoms with Gasteiger partial charge >= 0.3 is 0 Å². The second-order valence-corrected chi connectivity index (χ2v) is 2.89. The Morgan fingerprint density at radius 3 is 2.92 bits per heavy atom. The fourth-order valence-electron chi connectivity index (χ4n) is 1.32. The first kappa shape index (κ1) is 9.52. The molecule has 0 bridgehead atoms. The van der Waals surface area contributed by atoms with E-state index in [4.69, 9.17) is 5.21 Å². The molecule has 13 heavy (non-hydrogen) atoms. The Hall–Kier alpha value is -1.57. The summed E-state index contributed by atoms with van der Waals surface area (Å²) >= 11 is 0. The Morgan fingerprint density at radius 2 is 2.31 bits per heavy atom. The van der Waals surface area contributed by atoms with E-state index in [1.54, 1.807) is 0 Å². The van der Waals surface area contributed by atoms with Crippen molar-refractivity contribution in [3.05, 3.63) is 47.5 Å². The van der Waals surface area contributed by atoms with Crippen LogP contribution in [0.1, 0.15) is 16.7 Å². The summed E-state index contributed by atoms with van der Waals surface area (Å²) in [6, 6.07) is 5.98. The molecule has 1 aromatic rings. The maximum atomic E-state index is 8.48. The van der Waals surface area contributed by atoms with Crippen molar-refractivity contribution in [1.29, 1.82) is 0 Å². The SMILES string of the molecule is C=CCc1cccc(C)c1/C=N\O. The molecule has 0 amide bonds. The highest BCUT2D eigenvalue weighted by Gasteiger charge is 2.00. The summed E-state index contributed by atoms with van der Waals surface area (Å²) in [5.41, 5.74) is 3.22. The Morgan fingerprint density at radius 1 is 1.54 bits per heavy atom. The number of rotatable bonds is 3. The highest BCUT2D eigenvalue weighted by molar-refractivity contribution is 5.83. The van der Waals surface area contributed by atoms with Crippen LogP contribution in [-0.2, 0) is 6.42 Å². The van der Waals surface area contributed by atoms with Crippen LogP contribution in [0.3, 0.4) is 0 Å². The van der Waals surface area contributed by atoms with Gasteiger partial charge in [0.1, 0.15) is 0 Å². The number of oxime groups is 1. The van der Waals surface area contributed by atoms with Gasteiger partial charge in [-0.15, -0.1) is 6.58 Å². The van der Waals surface area contributed by atoms with E-state index in [0.29, 0.717) is 0 Å². The number of aryl methyl sites for hydroxylation is 1. The molecular formula is C11H13NO. The van der Waals surface area contributed by atoms with Gasteiger partial charge in [0.25, 0.3) is 0 Å². The average Bonchev–Trinajstić information content (AvgIpc) is 2.11. The summed E-state index contributed by atoms with van der Waals surface area (Å²) in [6.07, 6.45) is 4.10. The zero-order valence-corrected chi connectivity index (χ0v) is 7.70. The number of nitrogens with zero attached hydrogens (tertiary/aromatic N) is 1. The topological polar surface area (TPSA) is 32.6 Å². The highest BCUT2D eigenvalue weighted by Crippen LogP contribution is 2.12. The first-order valence-electron chi connectivity index (χ1n) is 4.16. The molecule has 0 aromatic heterocycles. The van der Waals surface area contributed by atoms with E-state index in [2.05, 4.69) is 11.7 Å². The van der Waals surface area contributed by atoms with Crippen molar-refractivity contribution in [3.8, 4) is 0 Å². The van der Waals surface area contributed by atoms with Crippen molar-refractivity contribution in [2.75, 3.05) is 0 Å². The van der Waals surface area contributed by atoms with Crippen molar-refractivity contribution < 1.29 is 5.21 Å². The average molecular weight is 175 g/mol. The van der Waals surface area contributed by atoms with Crippen molar-refractivity contribution >= 4 is 6.21 Å².